The van der Waals surface area contributed by atoms with Gasteiger partial charge in [0.25, 0.3) is 0 Å². The molecule has 3 rings (SSSR count). The number of carbonyl (C=O) groups excluding carboxylic acids is 1. The van der Waals surface area contributed by atoms with Crippen molar-refractivity contribution in [1.82, 2.24) is 14.5 Å². The van der Waals surface area contributed by atoms with Crippen molar-refractivity contribution in [3.05, 3.63) is 34.7 Å². The van der Waals surface area contributed by atoms with Crippen LogP contribution in [-0.4, -0.2) is 39.5 Å². The van der Waals surface area contributed by atoms with Crippen molar-refractivity contribution in [3.8, 4) is 0 Å². The van der Waals surface area contributed by atoms with Gasteiger partial charge in [-0.3, -0.25) is 9.36 Å². The maximum absolute atomic E-state index is 12.2. The number of para-hydroxylation sites is 2. The Kier molecular flexibility index (Phi) is 4.93. The molecule has 1 atom stereocenters. The summed E-state index contributed by atoms with van der Waals surface area (Å²) in [7, 11) is 0. The third-order valence-corrected chi connectivity index (χ3v) is 4.15. The minimum Gasteiger partial charge on any atom is -0.341 e. The van der Waals surface area contributed by atoms with E-state index in [1.54, 1.807) is 11.8 Å². The van der Waals surface area contributed by atoms with Gasteiger partial charge < -0.3 is 15.6 Å². The predicted molar refractivity (Wildman–Crippen MR) is 88.3 cm³/mol. The lowest BCUT2D eigenvalue weighted by Crippen LogP contribution is -2.46. The molecule has 1 amide bonds. The summed E-state index contributed by atoms with van der Waals surface area (Å²) in [4.78, 5) is 28.7. The van der Waals surface area contributed by atoms with Gasteiger partial charge in [0.15, 0.2) is 0 Å². The second-order valence-electron chi connectivity index (χ2n) is 5.66. The van der Waals surface area contributed by atoms with E-state index in [1.807, 2.05) is 28.8 Å². The van der Waals surface area contributed by atoms with Crippen LogP contribution in [0.3, 0.4) is 0 Å². The number of nitrogens with zero attached hydrogens (tertiary/aromatic N) is 2. The van der Waals surface area contributed by atoms with E-state index in [-0.39, 0.29) is 30.0 Å². The van der Waals surface area contributed by atoms with Crippen molar-refractivity contribution < 1.29 is 4.79 Å². The molecule has 1 fully saturated rings. The molecule has 0 aliphatic carbocycles. The first-order valence-corrected chi connectivity index (χ1v) is 7.31. The van der Waals surface area contributed by atoms with Gasteiger partial charge in [-0.15, -0.1) is 12.4 Å². The third kappa shape index (κ3) is 2.89. The zero-order valence-corrected chi connectivity index (χ0v) is 13.3. The Morgan fingerprint density at radius 3 is 2.59 bits per heavy atom. The number of rotatable bonds is 2. The topological polar surface area (TPSA) is 84.1 Å². The number of hydrogen-bond donors (Lipinski definition) is 2. The molecule has 0 spiro atoms. The normalized spacial score (nSPS) is 17.3. The van der Waals surface area contributed by atoms with E-state index in [1.165, 1.54) is 0 Å². The molecule has 120 valence electrons. The summed E-state index contributed by atoms with van der Waals surface area (Å²) in [5, 5.41) is 0. The molecule has 22 heavy (non-hydrogen) atoms. The fourth-order valence-corrected chi connectivity index (χ4v) is 3.07. The highest BCUT2D eigenvalue weighted by atomic mass is 35.5. The molecule has 1 aliphatic heterocycles. The number of imidazole rings is 1. The number of nitrogens with two attached hydrogens (primary N) is 1. The van der Waals surface area contributed by atoms with Crippen molar-refractivity contribution >= 4 is 29.3 Å². The van der Waals surface area contributed by atoms with E-state index < -0.39 is 6.04 Å². The molecule has 1 aromatic heterocycles. The highest BCUT2D eigenvalue weighted by molar-refractivity contribution is 5.85. The maximum Gasteiger partial charge on any atom is 0.326 e. The number of benzene rings is 1. The Morgan fingerprint density at radius 2 is 1.95 bits per heavy atom. The van der Waals surface area contributed by atoms with E-state index in [0.717, 1.165) is 23.9 Å². The lowest BCUT2D eigenvalue weighted by molar-refractivity contribution is -0.133. The second-order valence-corrected chi connectivity index (χ2v) is 5.66. The standard InChI is InChI=1S/C15H20N4O2.ClH/c1-10(16)14(20)18-8-6-11(7-9-18)19-13-5-3-2-4-12(13)17-15(19)21;/h2-5,10-11H,6-9,16H2,1H3,(H,17,21);1H/t10-;/m1./s1. The van der Waals surface area contributed by atoms with Gasteiger partial charge in [-0.1, -0.05) is 12.1 Å². The van der Waals surface area contributed by atoms with Crippen LogP contribution in [-0.2, 0) is 4.79 Å². The van der Waals surface area contributed by atoms with Crippen LogP contribution < -0.4 is 11.4 Å². The van der Waals surface area contributed by atoms with Crippen molar-refractivity contribution in [2.45, 2.75) is 31.8 Å². The van der Waals surface area contributed by atoms with Crippen LogP contribution in [0.4, 0.5) is 0 Å². The van der Waals surface area contributed by atoms with Gasteiger partial charge in [0.2, 0.25) is 5.91 Å². The SMILES string of the molecule is C[C@@H](N)C(=O)N1CCC(n2c(=O)[nH]c3ccccc32)CC1.Cl. The first-order chi connectivity index (χ1) is 10.1. The second kappa shape index (κ2) is 6.54. The lowest BCUT2D eigenvalue weighted by Gasteiger charge is -2.33. The quantitative estimate of drug-likeness (QED) is 0.872. The van der Waals surface area contributed by atoms with E-state index >= 15 is 0 Å². The largest absolute Gasteiger partial charge is 0.341 e. The third-order valence-electron chi connectivity index (χ3n) is 4.15. The first-order valence-electron chi connectivity index (χ1n) is 7.31. The van der Waals surface area contributed by atoms with Gasteiger partial charge in [0.05, 0.1) is 17.1 Å². The number of likely N-dealkylation sites (tertiary alicyclic amines) is 1. The van der Waals surface area contributed by atoms with Crippen molar-refractivity contribution in [1.29, 1.82) is 0 Å². The zero-order valence-electron chi connectivity index (χ0n) is 12.5. The fraction of sp³-hybridized carbons (Fsp3) is 0.467. The van der Waals surface area contributed by atoms with Gasteiger partial charge in [-0.25, -0.2) is 4.79 Å². The number of H-pyrrole nitrogens is 1. The lowest BCUT2D eigenvalue weighted by atomic mass is 10.0. The predicted octanol–water partition coefficient (Wildman–Crippen LogP) is 1.26. The average molecular weight is 325 g/mol. The highest BCUT2D eigenvalue weighted by Crippen LogP contribution is 2.24. The van der Waals surface area contributed by atoms with Gasteiger partial charge in [0.1, 0.15) is 0 Å². The molecule has 0 bridgehead atoms. The smallest absolute Gasteiger partial charge is 0.326 e. The number of carbonyl (C=O) groups is 1. The Hall–Kier alpha value is -1.79. The maximum atomic E-state index is 12.2. The number of halogens is 1. The van der Waals surface area contributed by atoms with Gasteiger partial charge in [0, 0.05) is 19.1 Å². The Balaban J connectivity index is 0.00000176. The van der Waals surface area contributed by atoms with Crippen LogP contribution in [0.1, 0.15) is 25.8 Å². The Bertz CT molecular complexity index is 714. The van der Waals surface area contributed by atoms with Crippen molar-refractivity contribution in [3.63, 3.8) is 0 Å². The summed E-state index contributed by atoms with van der Waals surface area (Å²) in [6.07, 6.45) is 1.56. The van der Waals surface area contributed by atoms with Crippen LogP contribution in [0.2, 0.25) is 0 Å². The van der Waals surface area contributed by atoms with E-state index in [9.17, 15) is 9.59 Å². The number of nitrogens with one attached hydrogen (secondary N) is 1. The van der Waals surface area contributed by atoms with E-state index in [4.69, 9.17) is 5.73 Å². The number of aromatic amines is 1. The number of piperidine rings is 1. The molecule has 7 heteroatoms. The molecule has 1 saturated heterocycles. The number of fused-ring (bicyclic) bond motifs is 1. The summed E-state index contributed by atoms with van der Waals surface area (Å²) < 4.78 is 1.82. The fourth-order valence-electron chi connectivity index (χ4n) is 3.07. The van der Waals surface area contributed by atoms with Crippen LogP contribution in [0.25, 0.3) is 11.0 Å². The molecule has 2 heterocycles. The van der Waals surface area contributed by atoms with Crippen LogP contribution in [0, 0.1) is 0 Å². The minimum absolute atomic E-state index is 0. The summed E-state index contributed by atoms with van der Waals surface area (Å²) in [6.45, 7) is 3.01. The Labute approximate surface area is 134 Å². The van der Waals surface area contributed by atoms with Gasteiger partial charge >= 0.3 is 5.69 Å². The van der Waals surface area contributed by atoms with Gasteiger partial charge in [-0.2, -0.15) is 0 Å². The van der Waals surface area contributed by atoms with E-state index in [0.29, 0.717) is 13.1 Å². The molecule has 0 unspecified atom stereocenters. The zero-order chi connectivity index (χ0) is 15.0. The molecule has 1 aliphatic rings. The summed E-state index contributed by atoms with van der Waals surface area (Å²) >= 11 is 0. The monoisotopic (exact) mass is 324 g/mol. The number of aromatic nitrogens is 2. The average Bonchev–Trinajstić information content (AvgIpc) is 2.82. The molecular weight excluding hydrogens is 304 g/mol. The summed E-state index contributed by atoms with van der Waals surface area (Å²) in [5.41, 5.74) is 7.36. The Morgan fingerprint density at radius 1 is 1.32 bits per heavy atom. The first kappa shape index (κ1) is 16.6. The van der Waals surface area contributed by atoms with Crippen molar-refractivity contribution in [2.75, 3.05) is 13.1 Å². The van der Waals surface area contributed by atoms with Crippen LogP contribution in [0.5, 0.6) is 0 Å². The minimum atomic E-state index is -0.461. The van der Waals surface area contributed by atoms with E-state index in [2.05, 4.69) is 4.98 Å². The molecule has 1 aromatic carbocycles. The summed E-state index contributed by atoms with van der Waals surface area (Å²) in [6, 6.07) is 7.37. The molecule has 0 radical (unpaired) electrons. The molecular formula is C15H21ClN4O2. The number of amides is 1. The molecule has 3 N–H and O–H groups in total. The van der Waals surface area contributed by atoms with Crippen molar-refractivity contribution in [2.24, 2.45) is 5.73 Å². The molecule has 0 saturated carbocycles. The van der Waals surface area contributed by atoms with Crippen LogP contribution >= 0.6 is 12.4 Å². The van der Waals surface area contributed by atoms with Crippen LogP contribution in [0.15, 0.2) is 29.1 Å². The number of hydrogen-bond acceptors (Lipinski definition) is 3. The van der Waals surface area contributed by atoms with Gasteiger partial charge in [-0.05, 0) is 31.9 Å². The summed E-state index contributed by atoms with van der Waals surface area (Å²) in [5.74, 6) is -0.0141. The molecule has 6 nitrogen and oxygen atoms in total. The molecule has 2 aromatic rings. The highest BCUT2D eigenvalue weighted by Gasteiger charge is 2.27.